The van der Waals surface area contributed by atoms with Crippen LogP contribution in [0.4, 0.5) is 0 Å². The van der Waals surface area contributed by atoms with E-state index >= 15 is 0 Å². The van der Waals surface area contributed by atoms with Crippen molar-refractivity contribution in [1.29, 1.82) is 0 Å². The van der Waals surface area contributed by atoms with Gasteiger partial charge in [0.05, 0.1) is 17.7 Å². The van der Waals surface area contributed by atoms with Crippen LogP contribution in [0.1, 0.15) is 30.0 Å². The first kappa shape index (κ1) is 18.6. The highest BCUT2D eigenvalue weighted by atomic mass is 35.5. The van der Waals surface area contributed by atoms with Crippen molar-refractivity contribution in [2.24, 2.45) is 0 Å². The van der Waals surface area contributed by atoms with Crippen LogP contribution in [0.15, 0.2) is 42.7 Å². The zero-order valence-corrected chi connectivity index (χ0v) is 15.2. The quantitative estimate of drug-likeness (QED) is 0.835. The summed E-state index contributed by atoms with van der Waals surface area (Å²) in [5.74, 6) is -0.442. The molecule has 1 atom stereocenters. The van der Waals surface area contributed by atoms with Crippen molar-refractivity contribution in [3.63, 3.8) is 0 Å². The number of methoxy groups -OCH3 is 1. The van der Waals surface area contributed by atoms with Gasteiger partial charge in [-0.25, -0.2) is 0 Å². The molecule has 2 heterocycles. The van der Waals surface area contributed by atoms with Crippen LogP contribution in [0.2, 0.25) is 5.02 Å². The molecule has 6 nitrogen and oxygen atoms in total. The summed E-state index contributed by atoms with van der Waals surface area (Å²) in [5.41, 5.74) is 0.375. The Morgan fingerprint density at radius 2 is 2.08 bits per heavy atom. The number of rotatable bonds is 5. The van der Waals surface area contributed by atoms with E-state index in [1.807, 2.05) is 11.0 Å². The number of aromatic nitrogens is 1. The van der Waals surface area contributed by atoms with E-state index in [9.17, 15) is 15.0 Å². The summed E-state index contributed by atoms with van der Waals surface area (Å²) in [6.07, 6.45) is 4.20. The lowest BCUT2D eigenvalue weighted by Crippen LogP contribution is -2.46. The van der Waals surface area contributed by atoms with Crippen molar-refractivity contribution in [3.8, 4) is 5.75 Å². The van der Waals surface area contributed by atoms with Gasteiger partial charge >= 0.3 is 5.97 Å². The highest BCUT2D eigenvalue weighted by Crippen LogP contribution is 2.37. The normalized spacial score (nSPS) is 18.3. The van der Waals surface area contributed by atoms with Gasteiger partial charge in [-0.3, -0.25) is 14.7 Å². The zero-order chi connectivity index (χ0) is 18.7. The van der Waals surface area contributed by atoms with Crippen LogP contribution in [0.25, 0.3) is 0 Å². The van der Waals surface area contributed by atoms with E-state index in [2.05, 4.69) is 4.98 Å². The molecule has 1 aromatic carbocycles. The highest BCUT2D eigenvalue weighted by Gasteiger charge is 2.38. The van der Waals surface area contributed by atoms with Crippen molar-refractivity contribution in [2.45, 2.75) is 24.5 Å². The summed E-state index contributed by atoms with van der Waals surface area (Å²) < 4.78 is 5.13. The molecule has 7 heteroatoms. The van der Waals surface area contributed by atoms with Crippen molar-refractivity contribution in [3.05, 3.63) is 58.9 Å². The molecular formula is C19H21ClN2O4. The molecule has 0 unspecified atom stereocenters. The van der Waals surface area contributed by atoms with Crippen LogP contribution in [0.5, 0.6) is 5.75 Å². The van der Waals surface area contributed by atoms with E-state index in [0.717, 1.165) is 5.56 Å². The lowest BCUT2D eigenvalue weighted by molar-refractivity contribution is -0.146. The second-order valence-electron chi connectivity index (χ2n) is 6.44. The summed E-state index contributed by atoms with van der Waals surface area (Å²) in [6, 6.07) is 7.83. The molecule has 0 bridgehead atoms. The summed E-state index contributed by atoms with van der Waals surface area (Å²) in [7, 11) is 1.51. The Hall–Kier alpha value is -2.15. The van der Waals surface area contributed by atoms with Gasteiger partial charge in [-0.1, -0.05) is 23.7 Å². The average molecular weight is 377 g/mol. The number of carbonyl (C=O) groups is 1. The molecule has 1 aliphatic rings. The number of aliphatic hydroxyl groups is 1. The van der Waals surface area contributed by atoms with Gasteiger partial charge in [0.2, 0.25) is 0 Å². The predicted molar refractivity (Wildman–Crippen MR) is 97.3 cm³/mol. The topological polar surface area (TPSA) is 82.9 Å². The first-order valence-electron chi connectivity index (χ1n) is 8.38. The third-order valence-electron chi connectivity index (χ3n) is 4.91. The molecule has 1 aliphatic heterocycles. The first-order valence-corrected chi connectivity index (χ1v) is 8.75. The number of aliphatic carboxylic acids is 1. The van der Waals surface area contributed by atoms with Crippen molar-refractivity contribution < 1.29 is 19.7 Å². The second-order valence-corrected chi connectivity index (χ2v) is 6.85. The molecule has 0 spiro atoms. The third-order valence-corrected chi connectivity index (χ3v) is 5.21. The van der Waals surface area contributed by atoms with Crippen LogP contribution in [-0.4, -0.2) is 46.3 Å². The van der Waals surface area contributed by atoms with Gasteiger partial charge in [0.25, 0.3) is 0 Å². The number of likely N-dealkylation sites (tertiary alicyclic amines) is 1. The molecule has 3 rings (SSSR count). The SMILES string of the molecule is COc1ccc([C@@H](C(=O)O)N2CCC(O)(c3cccnc3)CC2)cc1Cl. The molecule has 0 aliphatic carbocycles. The maximum atomic E-state index is 11.9. The summed E-state index contributed by atoms with van der Waals surface area (Å²) in [4.78, 5) is 17.8. The fourth-order valence-corrected chi connectivity index (χ4v) is 3.71. The van der Waals surface area contributed by atoms with Gasteiger partial charge in [-0.15, -0.1) is 0 Å². The monoisotopic (exact) mass is 376 g/mol. The largest absolute Gasteiger partial charge is 0.495 e. The van der Waals surface area contributed by atoms with Crippen molar-refractivity contribution in [2.75, 3.05) is 20.2 Å². The smallest absolute Gasteiger partial charge is 0.325 e. The van der Waals surface area contributed by atoms with E-state index in [0.29, 0.717) is 42.3 Å². The van der Waals surface area contributed by atoms with E-state index in [-0.39, 0.29) is 0 Å². The molecule has 1 fully saturated rings. The maximum Gasteiger partial charge on any atom is 0.325 e. The molecular weight excluding hydrogens is 356 g/mol. The van der Waals surface area contributed by atoms with E-state index < -0.39 is 17.6 Å². The van der Waals surface area contributed by atoms with E-state index in [4.69, 9.17) is 16.3 Å². The Kier molecular flexibility index (Phi) is 5.46. The Balaban J connectivity index is 1.79. The van der Waals surface area contributed by atoms with Crippen LogP contribution in [0.3, 0.4) is 0 Å². The zero-order valence-electron chi connectivity index (χ0n) is 14.4. The minimum Gasteiger partial charge on any atom is -0.495 e. The average Bonchev–Trinajstić information content (AvgIpc) is 2.64. The lowest BCUT2D eigenvalue weighted by Gasteiger charge is -2.40. The van der Waals surface area contributed by atoms with E-state index in [1.165, 1.54) is 7.11 Å². The second kappa shape index (κ2) is 7.61. The van der Waals surface area contributed by atoms with Gasteiger partial charge in [0.1, 0.15) is 11.8 Å². The highest BCUT2D eigenvalue weighted by molar-refractivity contribution is 6.32. The number of carboxylic acids is 1. The predicted octanol–water partition coefficient (Wildman–Crippen LogP) is 2.85. The molecule has 138 valence electrons. The van der Waals surface area contributed by atoms with Crippen molar-refractivity contribution in [1.82, 2.24) is 9.88 Å². The molecule has 0 amide bonds. The van der Waals surface area contributed by atoms with Gasteiger partial charge in [0.15, 0.2) is 0 Å². The summed E-state index contributed by atoms with van der Waals surface area (Å²) in [5, 5.41) is 21.0. The minimum atomic E-state index is -0.981. The third kappa shape index (κ3) is 3.67. The molecule has 26 heavy (non-hydrogen) atoms. The molecule has 0 saturated carbocycles. The molecule has 2 aromatic rings. The standard InChI is InChI=1S/C19H21ClN2O4/c1-26-16-5-4-13(11-15(16)20)17(18(23)24)22-9-6-19(25,7-10-22)14-3-2-8-21-12-14/h2-5,8,11-12,17,25H,6-7,9-10H2,1H3,(H,23,24)/t17-/m0/s1. The molecule has 2 N–H and O–H groups in total. The molecule has 1 saturated heterocycles. The fraction of sp³-hybridized carbons (Fsp3) is 0.368. The molecule has 1 aromatic heterocycles. The number of ether oxygens (including phenoxy) is 1. The van der Waals surface area contributed by atoms with Crippen LogP contribution in [-0.2, 0) is 10.4 Å². The number of halogens is 1. The first-order chi connectivity index (χ1) is 12.4. The van der Waals surface area contributed by atoms with Gasteiger partial charge in [-0.05, 0) is 36.6 Å². The van der Waals surface area contributed by atoms with E-state index in [1.54, 1.807) is 36.7 Å². The fourth-order valence-electron chi connectivity index (χ4n) is 3.44. The summed E-state index contributed by atoms with van der Waals surface area (Å²) >= 11 is 6.16. The van der Waals surface area contributed by atoms with Gasteiger partial charge in [0, 0.05) is 31.0 Å². The Labute approximate surface area is 157 Å². The Bertz CT molecular complexity index is 776. The van der Waals surface area contributed by atoms with Crippen LogP contribution >= 0.6 is 11.6 Å². The lowest BCUT2D eigenvalue weighted by atomic mass is 9.84. The number of piperidine rings is 1. The van der Waals surface area contributed by atoms with Crippen LogP contribution in [0, 0.1) is 0 Å². The Morgan fingerprint density at radius 1 is 1.35 bits per heavy atom. The van der Waals surface area contributed by atoms with Crippen molar-refractivity contribution >= 4 is 17.6 Å². The maximum absolute atomic E-state index is 11.9. The number of carboxylic acid groups (broad SMARTS) is 1. The molecule has 0 radical (unpaired) electrons. The number of hydrogen-bond donors (Lipinski definition) is 2. The minimum absolute atomic E-state index is 0.375. The van der Waals surface area contributed by atoms with Gasteiger partial charge < -0.3 is 14.9 Å². The Morgan fingerprint density at radius 3 is 2.62 bits per heavy atom. The number of nitrogens with zero attached hydrogens (tertiary/aromatic N) is 2. The number of hydrogen-bond acceptors (Lipinski definition) is 5. The number of benzene rings is 1. The number of pyridine rings is 1. The summed E-state index contributed by atoms with van der Waals surface area (Å²) in [6.45, 7) is 0.901. The van der Waals surface area contributed by atoms with Gasteiger partial charge in [-0.2, -0.15) is 0 Å². The van der Waals surface area contributed by atoms with Crippen LogP contribution < -0.4 is 4.74 Å².